The van der Waals surface area contributed by atoms with E-state index in [2.05, 4.69) is 4.98 Å². The van der Waals surface area contributed by atoms with Gasteiger partial charge < -0.3 is 4.74 Å². The minimum atomic E-state index is -0.145. The number of esters is 1. The van der Waals surface area contributed by atoms with Crippen LogP contribution in [0.15, 0.2) is 36.7 Å². The van der Waals surface area contributed by atoms with Crippen LogP contribution in [0.3, 0.4) is 0 Å². The summed E-state index contributed by atoms with van der Waals surface area (Å²) in [6.45, 7) is 2.26. The van der Waals surface area contributed by atoms with E-state index in [9.17, 15) is 4.79 Å². The van der Waals surface area contributed by atoms with Crippen LogP contribution >= 0.6 is 0 Å². The van der Waals surface area contributed by atoms with E-state index in [1.807, 2.05) is 37.4 Å². The van der Waals surface area contributed by atoms with Gasteiger partial charge in [-0.3, -0.25) is 9.78 Å². The normalized spacial score (nSPS) is 10.4. The van der Waals surface area contributed by atoms with Crippen LogP contribution < -0.4 is 0 Å². The molecule has 0 unspecified atom stereocenters. The molecule has 0 aliphatic rings. The van der Waals surface area contributed by atoms with Gasteiger partial charge in [-0.1, -0.05) is 18.2 Å². The van der Waals surface area contributed by atoms with Gasteiger partial charge in [-0.2, -0.15) is 0 Å². The number of aryl methyl sites for hydroxylation is 1. The molecule has 88 valence electrons. The van der Waals surface area contributed by atoms with Crippen LogP contribution in [0.2, 0.25) is 0 Å². The lowest BCUT2D eigenvalue weighted by atomic mass is 10.0. The Morgan fingerprint density at radius 1 is 1.35 bits per heavy atom. The number of carbonyl (C=O) groups excluding carboxylic acids is 1. The molecule has 0 saturated heterocycles. The van der Waals surface area contributed by atoms with Crippen LogP contribution in [0.4, 0.5) is 0 Å². The fraction of sp³-hybridized carbons (Fsp3) is 0.286. The van der Waals surface area contributed by atoms with E-state index < -0.39 is 0 Å². The first-order valence-electron chi connectivity index (χ1n) is 5.78. The average molecular weight is 229 g/mol. The summed E-state index contributed by atoms with van der Waals surface area (Å²) in [4.78, 5) is 15.4. The third-order valence-electron chi connectivity index (χ3n) is 2.68. The number of pyridine rings is 1. The zero-order valence-electron chi connectivity index (χ0n) is 9.85. The third-order valence-corrected chi connectivity index (χ3v) is 2.68. The van der Waals surface area contributed by atoms with E-state index in [0.717, 1.165) is 16.3 Å². The monoisotopic (exact) mass is 229 g/mol. The van der Waals surface area contributed by atoms with Crippen molar-refractivity contribution in [2.75, 3.05) is 6.61 Å². The maximum atomic E-state index is 11.3. The van der Waals surface area contributed by atoms with Crippen molar-refractivity contribution in [3.05, 3.63) is 42.2 Å². The highest BCUT2D eigenvalue weighted by atomic mass is 16.5. The zero-order valence-corrected chi connectivity index (χ0v) is 9.85. The Morgan fingerprint density at radius 2 is 2.24 bits per heavy atom. The minimum absolute atomic E-state index is 0.145. The molecule has 0 aliphatic heterocycles. The van der Waals surface area contributed by atoms with Crippen molar-refractivity contribution in [3.8, 4) is 0 Å². The molecule has 0 radical (unpaired) electrons. The van der Waals surface area contributed by atoms with Crippen molar-refractivity contribution in [1.29, 1.82) is 0 Å². The van der Waals surface area contributed by atoms with E-state index in [0.29, 0.717) is 19.4 Å². The predicted octanol–water partition coefficient (Wildman–Crippen LogP) is 2.73. The smallest absolute Gasteiger partial charge is 0.306 e. The van der Waals surface area contributed by atoms with Crippen LogP contribution in [-0.4, -0.2) is 17.6 Å². The second-order valence-corrected chi connectivity index (χ2v) is 3.82. The molecule has 0 spiro atoms. The van der Waals surface area contributed by atoms with Gasteiger partial charge in [0.2, 0.25) is 0 Å². The number of hydrogen-bond acceptors (Lipinski definition) is 3. The number of benzene rings is 1. The molecule has 1 heterocycles. The third kappa shape index (κ3) is 2.81. The summed E-state index contributed by atoms with van der Waals surface area (Å²) in [5.74, 6) is -0.145. The molecule has 0 saturated carbocycles. The van der Waals surface area contributed by atoms with Crippen LogP contribution in [0.25, 0.3) is 10.8 Å². The van der Waals surface area contributed by atoms with Gasteiger partial charge in [-0.25, -0.2) is 0 Å². The summed E-state index contributed by atoms with van der Waals surface area (Å²) in [5, 5.41) is 2.26. The predicted molar refractivity (Wildman–Crippen MR) is 66.7 cm³/mol. The van der Waals surface area contributed by atoms with Crippen LogP contribution in [0, 0.1) is 0 Å². The molecule has 1 aromatic carbocycles. The van der Waals surface area contributed by atoms with Crippen molar-refractivity contribution in [2.24, 2.45) is 0 Å². The number of nitrogens with zero attached hydrogens (tertiary/aromatic N) is 1. The van der Waals surface area contributed by atoms with Crippen molar-refractivity contribution in [3.63, 3.8) is 0 Å². The van der Waals surface area contributed by atoms with Gasteiger partial charge >= 0.3 is 5.97 Å². The molecule has 2 aromatic rings. The Morgan fingerprint density at radius 3 is 3.06 bits per heavy atom. The summed E-state index contributed by atoms with van der Waals surface area (Å²) in [7, 11) is 0. The van der Waals surface area contributed by atoms with Crippen LogP contribution in [0.1, 0.15) is 18.9 Å². The molecule has 0 aliphatic carbocycles. The molecule has 2 rings (SSSR count). The molecule has 0 N–H and O–H groups in total. The number of rotatable bonds is 4. The maximum Gasteiger partial charge on any atom is 0.306 e. The van der Waals surface area contributed by atoms with E-state index in [-0.39, 0.29) is 5.97 Å². The first kappa shape index (κ1) is 11.6. The van der Waals surface area contributed by atoms with Gasteiger partial charge in [0.25, 0.3) is 0 Å². The molecule has 1 aromatic heterocycles. The zero-order chi connectivity index (χ0) is 12.1. The molecule has 0 amide bonds. The summed E-state index contributed by atoms with van der Waals surface area (Å²) in [6, 6.07) is 8.06. The highest BCUT2D eigenvalue weighted by Crippen LogP contribution is 2.18. The molecule has 3 heteroatoms. The van der Waals surface area contributed by atoms with E-state index in [4.69, 9.17) is 4.74 Å². The van der Waals surface area contributed by atoms with Crippen molar-refractivity contribution >= 4 is 16.7 Å². The summed E-state index contributed by atoms with van der Waals surface area (Å²) in [5.41, 5.74) is 1.14. The second kappa shape index (κ2) is 5.43. The number of ether oxygens (including phenoxy) is 1. The average Bonchev–Trinajstić information content (AvgIpc) is 2.36. The minimum Gasteiger partial charge on any atom is -0.466 e. The van der Waals surface area contributed by atoms with Crippen molar-refractivity contribution in [2.45, 2.75) is 19.8 Å². The van der Waals surface area contributed by atoms with Crippen LogP contribution in [0.5, 0.6) is 0 Å². The number of aromatic nitrogens is 1. The Hall–Kier alpha value is -1.90. The topological polar surface area (TPSA) is 39.2 Å². The Labute approximate surface area is 100 Å². The largest absolute Gasteiger partial charge is 0.466 e. The fourth-order valence-electron chi connectivity index (χ4n) is 1.86. The number of fused-ring (bicyclic) bond motifs is 1. The Bertz CT molecular complexity index is 517. The molecule has 0 atom stereocenters. The standard InChI is InChI=1S/C14H15NO2/c1-2-17-14(16)7-6-11-4-3-5-12-8-9-15-10-13(11)12/h3-5,8-10H,2,6-7H2,1H3. The first-order chi connectivity index (χ1) is 8.31. The van der Waals surface area contributed by atoms with E-state index >= 15 is 0 Å². The quantitative estimate of drug-likeness (QED) is 0.757. The maximum absolute atomic E-state index is 11.3. The van der Waals surface area contributed by atoms with Crippen molar-refractivity contribution < 1.29 is 9.53 Å². The lowest BCUT2D eigenvalue weighted by Crippen LogP contribution is -2.05. The second-order valence-electron chi connectivity index (χ2n) is 3.82. The number of carbonyl (C=O) groups is 1. The SMILES string of the molecule is CCOC(=O)CCc1cccc2ccncc12. The highest BCUT2D eigenvalue weighted by molar-refractivity contribution is 5.85. The van der Waals surface area contributed by atoms with E-state index in [1.54, 1.807) is 6.20 Å². The molecule has 0 fully saturated rings. The molecular weight excluding hydrogens is 214 g/mol. The lowest BCUT2D eigenvalue weighted by molar-refractivity contribution is -0.143. The van der Waals surface area contributed by atoms with E-state index in [1.165, 1.54) is 0 Å². The summed E-state index contributed by atoms with van der Waals surface area (Å²) in [6.07, 6.45) is 4.73. The van der Waals surface area contributed by atoms with Crippen LogP contribution in [-0.2, 0) is 16.0 Å². The van der Waals surface area contributed by atoms with Gasteiger partial charge in [0.1, 0.15) is 0 Å². The van der Waals surface area contributed by atoms with Gasteiger partial charge in [-0.05, 0) is 30.4 Å². The van der Waals surface area contributed by atoms with Gasteiger partial charge in [0, 0.05) is 24.2 Å². The highest BCUT2D eigenvalue weighted by Gasteiger charge is 2.05. The summed E-state index contributed by atoms with van der Waals surface area (Å²) >= 11 is 0. The molecule has 0 bridgehead atoms. The van der Waals surface area contributed by atoms with Gasteiger partial charge in [0.15, 0.2) is 0 Å². The lowest BCUT2D eigenvalue weighted by Gasteiger charge is -2.05. The summed E-state index contributed by atoms with van der Waals surface area (Å²) < 4.78 is 4.92. The molecular formula is C14H15NO2. The Balaban J connectivity index is 2.16. The Kier molecular flexibility index (Phi) is 3.70. The van der Waals surface area contributed by atoms with Gasteiger partial charge in [0.05, 0.1) is 6.61 Å². The van der Waals surface area contributed by atoms with Crippen molar-refractivity contribution in [1.82, 2.24) is 4.98 Å². The molecule has 3 nitrogen and oxygen atoms in total. The first-order valence-corrected chi connectivity index (χ1v) is 5.78. The fourth-order valence-corrected chi connectivity index (χ4v) is 1.86. The molecule has 17 heavy (non-hydrogen) atoms. The number of hydrogen-bond donors (Lipinski definition) is 0. The van der Waals surface area contributed by atoms with Gasteiger partial charge in [-0.15, -0.1) is 0 Å².